The van der Waals surface area contributed by atoms with Gasteiger partial charge < -0.3 is 9.84 Å². The molecule has 0 aromatic heterocycles. The first-order valence-electron chi connectivity index (χ1n) is 8.43. The summed E-state index contributed by atoms with van der Waals surface area (Å²) in [5, 5.41) is 12.1. The number of carbonyl (C=O) groups excluding carboxylic acids is 3. The molecule has 0 unspecified atom stereocenters. The molecule has 2 N–H and O–H groups in total. The molecular formula is C20H17BrN2O5. The van der Waals surface area contributed by atoms with Gasteiger partial charge in [0.1, 0.15) is 5.57 Å². The van der Waals surface area contributed by atoms with Crippen LogP contribution in [-0.2, 0) is 16.0 Å². The molecule has 1 aliphatic heterocycles. The van der Waals surface area contributed by atoms with Crippen molar-refractivity contribution in [2.45, 2.75) is 13.3 Å². The fourth-order valence-corrected chi connectivity index (χ4v) is 3.36. The minimum absolute atomic E-state index is 0.0993. The Morgan fingerprint density at radius 2 is 1.93 bits per heavy atom. The van der Waals surface area contributed by atoms with Crippen LogP contribution in [0, 0.1) is 0 Å². The number of phenols is 1. The largest absolute Gasteiger partial charge is 0.503 e. The van der Waals surface area contributed by atoms with Crippen LogP contribution in [0.2, 0.25) is 0 Å². The molecule has 0 atom stereocenters. The second kappa shape index (κ2) is 7.85. The number of nitrogens with one attached hydrogen (secondary N) is 1. The van der Waals surface area contributed by atoms with E-state index in [1.165, 1.54) is 25.3 Å². The molecule has 0 radical (unpaired) electrons. The zero-order chi connectivity index (χ0) is 20.4. The molecule has 28 heavy (non-hydrogen) atoms. The Hall–Kier alpha value is -3.13. The quantitative estimate of drug-likeness (QED) is 0.556. The molecule has 8 heteroatoms. The molecule has 1 heterocycles. The van der Waals surface area contributed by atoms with Crippen molar-refractivity contribution in [3.8, 4) is 11.5 Å². The molecule has 1 saturated heterocycles. The lowest BCUT2D eigenvalue weighted by molar-refractivity contribution is -0.122. The molecule has 1 fully saturated rings. The maximum Gasteiger partial charge on any atom is 0.335 e. The van der Waals surface area contributed by atoms with E-state index in [4.69, 9.17) is 4.74 Å². The number of hydrogen-bond acceptors (Lipinski definition) is 5. The lowest BCUT2D eigenvalue weighted by Gasteiger charge is -2.28. The number of para-hydroxylation sites is 1. The first kappa shape index (κ1) is 19.6. The summed E-state index contributed by atoms with van der Waals surface area (Å²) in [6.07, 6.45) is 1.96. The minimum Gasteiger partial charge on any atom is -0.503 e. The van der Waals surface area contributed by atoms with Crippen LogP contribution < -0.4 is 15.0 Å². The topological polar surface area (TPSA) is 95.9 Å². The third-order valence-corrected chi connectivity index (χ3v) is 4.90. The minimum atomic E-state index is -0.794. The molecule has 0 saturated carbocycles. The average molecular weight is 445 g/mol. The number of halogens is 1. The zero-order valence-corrected chi connectivity index (χ0v) is 16.7. The highest BCUT2D eigenvalue weighted by Gasteiger charge is 2.37. The van der Waals surface area contributed by atoms with Crippen LogP contribution in [0.3, 0.4) is 0 Å². The van der Waals surface area contributed by atoms with E-state index in [2.05, 4.69) is 21.2 Å². The Morgan fingerprint density at radius 3 is 2.61 bits per heavy atom. The molecule has 7 nitrogen and oxygen atoms in total. The first-order chi connectivity index (χ1) is 13.4. The number of rotatable bonds is 4. The number of aromatic hydroxyl groups is 1. The van der Waals surface area contributed by atoms with Gasteiger partial charge in [0.2, 0.25) is 0 Å². The number of urea groups is 1. The third kappa shape index (κ3) is 3.50. The number of barbiturate groups is 1. The van der Waals surface area contributed by atoms with Crippen LogP contribution in [0.15, 0.2) is 46.4 Å². The van der Waals surface area contributed by atoms with E-state index in [1.54, 1.807) is 12.1 Å². The van der Waals surface area contributed by atoms with Crippen LogP contribution in [0.1, 0.15) is 18.1 Å². The van der Waals surface area contributed by atoms with Gasteiger partial charge in [-0.05, 0) is 57.8 Å². The Kier molecular flexibility index (Phi) is 5.51. The smallest absolute Gasteiger partial charge is 0.335 e. The Labute approximate surface area is 169 Å². The van der Waals surface area contributed by atoms with E-state index < -0.39 is 17.8 Å². The van der Waals surface area contributed by atoms with E-state index >= 15 is 0 Å². The molecule has 0 bridgehead atoms. The fraction of sp³-hybridized carbons (Fsp3) is 0.150. The summed E-state index contributed by atoms with van der Waals surface area (Å²) >= 11 is 3.20. The van der Waals surface area contributed by atoms with Crippen molar-refractivity contribution in [2.75, 3.05) is 12.0 Å². The highest BCUT2D eigenvalue weighted by molar-refractivity contribution is 9.10. The van der Waals surface area contributed by atoms with Gasteiger partial charge in [-0.1, -0.05) is 25.1 Å². The summed E-state index contributed by atoms with van der Waals surface area (Å²) in [6, 6.07) is 9.23. The van der Waals surface area contributed by atoms with Gasteiger partial charge in [0, 0.05) is 0 Å². The van der Waals surface area contributed by atoms with Crippen molar-refractivity contribution in [3.63, 3.8) is 0 Å². The van der Waals surface area contributed by atoms with Crippen molar-refractivity contribution >= 4 is 45.5 Å². The molecule has 2 aromatic rings. The van der Waals surface area contributed by atoms with Gasteiger partial charge >= 0.3 is 6.03 Å². The summed E-state index contributed by atoms with van der Waals surface area (Å²) in [4.78, 5) is 38.6. The summed E-state index contributed by atoms with van der Waals surface area (Å²) < 4.78 is 5.43. The van der Waals surface area contributed by atoms with Gasteiger partial charge in [0.05, 0.1) is 17.3 Å². The lowest BCUT2D eigenvalue weighted by atomic mass is 10.0. The van der Waals surface area contributed by atoms with Gasteiger partial charge in [-0.3, -0.25) is 14.9 Å². The monoisotopic (exact) mass is 444 g/mol. The number of nitrogens with zero attached hydrogens (tertiary/aromatic N) is 1. The number of aryl methyl sites for hydroxylation is 1. The van der Waals surface area contributed by atoms with Crippen LogP contribution in [-0.4, -0.2) is 30.1 Å². The summed E-state index contributed by atoms with van der Waals surface area (Å²) in [7, 11) is 1.39. The van der Waals surface area contributed by atoms with Crippen molar-refractivity contribution in [1.29, 1.82) is 0 Å². The number of ether oxygens (including phenoxy) is 1. The highest BCUT2D eigenvalue weighted by Crippen LogP contribution is 2.36. The molecule has 144 valence electrons. The maximum absolute atomic E-state index is 13.0. The number of benzene rings is 2. The normalized spacial score (nSPS) is 15.8. The molecule has 4 amide bonds. The number of anilines is 1. The van der Waals surface area contributed by atoms with E-state index in [0.717, 1.165) is 10.5 Å². The van der Waals surface area contributed by atoms with Crippen molar-refractivity contribution in [1.82, 2.24) is 5.32 Å². The van der Waals surface area contributed by atoms with Gasteiger partial charge in [-0.2, -0.15) is 0 Å². The van der Waals surface area contributed by atoms with Crippen LogP contribution in [0.25, 0.3) is 6.08 Å². The standard InChI is InChI=1S/C20H17BrN2O5/c1-3-12-6-4-5-7-15(12)23-19(26)13(18(25)22-20(23)27)8-11-9-14(21)17(24)16(10-11)28-2/h4-10,24H,3H2,1-2H3,(H,22,25,27)/b13-8-. The number of phenolic OH excluding ortho intramolecular Hbond substituents is 1. The predicted octanol–water partition coefficient (Wildman–Crippen LogP) is 3.39. The predicted molar refractivity (Wildman–Crippen MR) is 107 cm³/mol. The number of hydrogen-bond donors (Lipinski definition) is 2. The van der Waals surface area contributed by atoms with E-state index in [-0.39, 0.29) is 17.1 Å². The van der Waals surface area contributed by atoms with Crippen LogP contribution >= 0.6 is 15.9 Å². The van der Waals surface area contributed by atoms with Gasteiger partial charge in [0.25, 0.3) is 11.8 Å². The Morgan fingerprint density at radius 1 is 1.21 bits per heavy atom. The summed E-state index contributed by atoms with van der Waals surface area (Å²) in [5.41, 5.74) is 1.47. The SMILES string of the molecule is CCc1ccccc1N1C(=O)NC(=O)/C(=C/c2cc(Br)c(O)c(OC)c2)C1=O. The molecule has 0 spiro atoms. The summed E-state index contributed by atoms with van der Waals surface area (Å²) in [6.45, 7) is 1.91. The van der Waals surface area contributed by atoms with Crippen LogP contribution in [0.4, 0.5) is 10.5 Å². The molecule has 3 rings (SSSR count). The highest BCUT2D eigenvalue weighted by atomic mass is 79.9. The van der Waals surface area contributed by atoms with E-state index in [9.17, 15) is 19.5 Å². The molecule has 0 aliphatic carbocycles. The average Bonchev–Trinajstić information content (AvgIpc) is 2.67. The van der Waals surface area contributed by atoms with Gasteiger partial charge in [0.15, 0.2) is 11.5 Å². The van der Waals surface area contributed by atoms with Crippen molar-refractivity contribution in [3.05, 3.63) is 57.6 Å². The number of methoxy groups -OCH3 is 1. The second-order valence-corrected chi connectivity index (χ2v) is 6.85. The van der Waals surface area contributed by atoms with Gasteiger partial charge in [-0.25, -0.2) is 9.69 Å². The Balaban J connectivity index is 2.08. The molecule has 2 aromatic carbocycles. The van der Waals surface area contributed by atoms with Crippen molar-refractivity contribution < 1.29 is 24.2 Å². The first-order valence-corrected chi connectivity index (χ1v) is 9.22. The van der Waals surface area contributed by atoms with Crippen molar-refractivity contribution in [2.24, 2.45) is 0 Å². The third-order valence-electron chi connectivity index (χ3n) is 4.30. The number of imide groups is 2. The maximum atomic E-state index is 13.0. The second-order valence-electron chi connectivity index (χ2n) is 5.99. The molecular weight excluding hydrogens is 428 g/mol. The lowest BCUT2D eigenvalue weighted by Crippen LogP contribution is -2.54. The van der Waals surface area contributed by atoms with E-state index in [0.29, 0.717) is 22.1 Å². The van der Waals surface area contributed by atoms with Gasteiger partial charge in [-0.15, -0.1) is 0 Å². The van der Waals surface area contributed by atoms with E-state index in [1.807, 2.05) is 19.1 Å². The number of amides is 4. The Bertz CT molecular complexity index is 1020. The number of carbonyl (C=O) groups is 3. The summed E-state index contributed by atoms with van der Waals surface area (Å²) in [5.74, 6) is -1.44. The fourth-order valence-electron chi connectivity index (χ4n) is 2.90. The van der Waals surface area contributed by atoms with Crippen LogP contribution in [0.5, 0.6) is 11.5 Å². The molecule has 1 aliphatic rings. The zero-order valence-electron chi connectivity index (χ0n) is 15.2.